The van der Waals surface area contributed by atoms with Gasteiger partial charge in [0.1, 0.15) is 6.33 Å². The van der Waals surface area contributed by atoms with Gasteiger partial charge in [-0.15, -0.1) is 10.2 Å². The SMILES string of the molecule is CCCCCn1cnnc1SCC(=O)Nc1ccc([N+](=O)[O-])cc1C(F)(F)F. The van der Waals surface area contributed by atoms with Gasteiger partial charge in [0.05, 0.1) is 21.9 Å². The van der Waals surface area contributed by atoms with Crippen LogP contribution in [0.1, 0.15) is 31.7 Å². The number of aromatic nitrogens is 3. The van der Waals surface area contributed by atoms with Crippen molar-refractivity contribution in [2.24, 2.45) is 0 Å². The summed E-state index contributed by atoms with van der Waals surface area (Å²) in [7, 11) is 0. The van der Waals surface area contributed by atoms with E-state index in [1.165, 1.54) is 6.33 Å². The second-order valence-corrected chi connectivity index (χ2v) is 6.78. The van der Waals surface area contributed by atoms with E-state index in [2.05, 4.69) is 22.4 Å². The number of unbranched alkanes of at least 4 members (excludes halogenated alkanes) is 2. The van der Waals surface area contributed by atoms with Crippen LogP contribution in [0.5, 0.6) is 0 Å². The third-order valence-corrected chi connectivity index (χ3v) is 4.69. The van der Waals surface area contributed by atoms with Gasteiger partial charge >= 0.3 is 6.18 Å². The number of alkyl halides is 3. The first-order valence-corrected chi connectivity index (χ1v) is 9.37. The maximum atomic E-state index is 13.2. The molecule has 0 spiro atoms. The van der Waals surface area contributed by atoms with E-state index < -0.39 is 33.9 Å². The van der Waals surface area contributed by atoms with Crippen LogP contribution in [0, 0.1) is 10.1 Å². The number of hydrogen-bond donors (Lipinski definition) is 1. The average Bonchev–Trinajstić information content (AvgIpc) is 3.07. The molecule has 0 atom stereocenters. The number of aryl methyl sites for hydroxylation is 1. The summed E-state index contributed by atoms with van der Waals surface area (Å²) in [4.78, 5) is 21.9. The van der Waals surface area contributed by atoms with Gasteiger partial charge in [-0.2, -0.15) is 13.2 Å². The van der Waals surface area contributed by atoms with Crippen LogP contribution in [0.2, 0.25) is 0 Å². The van der Waals surface area contributed by atoms with Crippen LogP contribution >= 0.6 is 11.8 Å². The lowest BCUT2D eigenvalue weighted by atomic mass is 10.1. The quantitative estimate of drug-likeness (QED) is 0.285. The molecule has 2 aromatic rings. The predicted octanol–water partition coefficient (Wildman–Crippen LogP) is 4.13. The summed E-state index contributed by atoms with van der Waals surface area (Å²) in [5.41, 5.74) is -2.52. The molecular formula is C16H18F3N5O3S. The van der Waals surface area contributed by atoms with Gasteiger partial charge in [0, 0.05) is 18.7 Å². The summed E-state index contributed by atoms with van der Waals surface area (Å²) < 4.78 is 41.2. The number of thioether (sulfide) groups is 1. The summed E-state index contributed by atoms with van der Waals surface area (Å²) in [5, 5.41) is 21.0. The Kier molecular flexibility index (Phi) is 7.38. The summed E-state index contributed by atoms with van der Waals surface area (Å²) in [6, 6.07) is 2.17. The number of benzene rings is 1. The number of carbonyl (C=O) groups is 1. The van der Waals surface area contributed by atoms with Crippen LogP contribution < -0.4 is 5.32 Å². The molecule has 0 saturated heterocycles. The zero-order valence-electron chi connectivity index (χ0n) is 14.9. The third-order valence-electron chi connectivity index (χ3n) is 3.71. The Morgan fingerprint density at radius 3 is 2.75 bits per heavy atom. The Morgan fingerprint density at radius 2 is 2.11 bits per heavy atom. The Morgan fingerprint density at radius 1 is 1.36 bits per heavy atom. The fourth-order valence-electron chi connectivity index (χ4n) is 2.35. The van der Waals surface area contributed by atoms with Crippen molar-refractivity contribution in [2.75, 3.05) is 11.1 Å². The smallest absolute Gasteiger partial charge is 0.325 e. The molecular weight excluding hydrogens is 399 g/mol. The van der Waals surface area contributed by atoms with Crippen molar-refractivity contribution >= 4 is 29.0 Å². The van der Waals surface area contributed by atoms with Gasteiger partial charge in [-0.25, -0.2) is 0 Å². The minimum atomic E-state index is -4.85. The molecule has 0 bridgehead atoms. The lowest BCUT2D eigenvalue weighted by Crippen LogP contribution is -2.18. The van der Waals surface area contributed by atoms with Crippen LogP contribution in [0.4, 0.5) is 24.5 Å². The summed E-state index contributed by atoms with van der Waals surface area (Å²) in [5.74, 6) is -0.867. The Bertz CT molecular complexity index is 841. The van der Waals surface area contributed by atoms with Crippen molar-refractivity contribution in [1.29, 1.82) is 0 Å². The molecule has 0 fully saturated rings. The number of nitro groups is 1. The molecule has 1 amide bonds. The lowest BCUT2D eigenvalue weighted by molar-refractivity contribution is -0.385. The first-order valence-electron chi connectivity index (χ1n) is 8.38. The van der Waals surface area contributed by atoms with Crippen molar-refractivity contribution in [3.05, 3.63) is 40.2 Å². The fourth-order valence-corrected chi connectivity index (χ4v) is 3.09. The highest BCUT2D eigenvalue weighted by atomic mass is 32.2. The highest BCUT2D eigenvalue weighted by Gasteiger charge is 2.35. The highest BCUT2D eigenvalue weighted by Crippen LogP contribution is 2.37. The number of nitrogens with zero attached hydrogens (tertiary/aromatic N) is 4. The lowest BCUT2D eigenvalue weighted by Gasteiger charge is -2.13. The number of halogens is 3. The average molecular weight is 417 g/mol. The van der Waals surface area contributed by atoms with Crippen LogP contribution in [0.15, 0.2) is 29.7 Å². The number of rotatable bonds is 9. The monoisotopic (exact) mass is 417 g/mol. The van der Waals surface area contributed by atoms with E-state index >= 15 is 0 Å². The topological polar surface area (TPSA) is 103 Å². The maximum Gasteiger partial charge on any atom is 0.418 e. The van der Waals surface area contributed by atoms with Crippen molar-refractivity contribution in [3.63, 3.8) is 0 Å². The molecule has 2 rings (SSSR count). The number of anilines is 1. The molecule has 1 aromatic carbocycles. The van der Waals surface area contributed by atoms with E-state index in [1.807, 2.05) is 0 Å². The molecule has 152 valence electrons. The van der Waals surface area contributed by atoms with E-state index in [0.717, 1.165) is 43.2 Å². The number of non-ortho nitro benzene ring substituents is 1. The van der Waals surface area contributed by atoms with Gasteiger partial charge in [-0.3, -0.25) is 14.9 Å². The van der Waals surface area contributed by atoms with E-state index in [1.54, 1.807) is 4.57 Å². The van der Waals surface area contributed by atoms with Crippen molar-refractivity contribution in [2.45, 2.75) is 44.1 Å². The molecule has 0 aliphatic heterocycles. The second-order valence-electron chi connectivity index (χ2n) is 5.84. The predicted molar refractivity (Wildman–Crippen MR) is 97.0 cm³/mol. The number of nitro benzene ring substituents is 1. The molecule has 1 aromatic heterocycles. The second kappa shape index (κ2) is 9.53. The van der Waals surface area contributed by atoms with Gasteiger partial charge in [-0.1, -0.05) is 31.5 Å². The van der Waals surface area contributed by atoms with Gasteiger partial charge in [0.2, 0.25) is 5.91 Å². The van der Waals surface area contributed by atoms with Crippen molar-refractivity contribution in [1.82, 2.24) is 14.8 Å². The van der Waals surface area contributed by atoms with Crippen molar-refractivity contribution in [3.8, 4) is 0 Å². The Hall–Kier alpha value is -2.63. The van der Waals surface area contributed by atoms with Crippen LogP contribution in [0.25, 0.3) is 0 Å². The number of nitrogens with one attached hydrogen (secondary N) is 1. The molecule has 0 radical (unpaired) electrons. The van der Waals surface area contributed by atoms with Gasteiger partial charge < -0.3 is 9.88 Å². The molecule has 1 N–H and O–H groups in total. The number of carbonyl (C=O) groups excluding carboxylic acids is 1. The first-order chi connectivity index (χ1) is 13.2. The number of hydrogen-bond acceptors (Lipinski definition) is 6. The van der Waals surface area contributed by atoms with E-state index in [0.29, 0.717) is 17.8 Å². The van der Waals surface area contributed by atoms with E-state index in [-0.39, 0.29) is 5.75 Å². The Labute approximate surface area is 162 Å². The Balaban J connectivity index is 2.04. The fraction of sp³-hybridized carbons (Fsp3) is 0.438. The summed E-state index contributed by atoms with van der Waals surface area (Å²) in [6.45, 7) is 2.75. The zero-order chi connectivity index (χ0) is 20.7. The minimum Gasteiger partial charge on any atom is -0.325 e. The standard InChI is InChI=1S/C16H18F3N5O3S/c1-2-3-4-7-23-10-20-22-15(23)28-9-14(25)21-13-6-5-11(24(26)27)8-12(13)16(17,18)19/h5-6,8,10H,2-4,7,9H2,1H3,(H,21,25). The van der Waals surface area contributed by atoms with E-state index in [9.17, 15) is 28.1 Å². The van der Waals surface area contributed by atoms with Crippen LogP contribution in [-0.2, 0) is 17.5 Å². The highest BCUT2D eigenvalue weighted by molar-refractivity contribution is 7.99. The summed E-state index contributed by atoms with van der Waals surface area (Å²) >= 11 is 1.05. The van der Waals surface area contributed by atoms with E-state index in [4.69, 9.17) is 0 Å². The molecule has 28 heavy (non-hydrogen) atoms. The normalized spacial score (nSPS) is 11.4. The van der Waals surface area contributed by atoms with Crippen molar-refractivity contribution < 1.29 is 22.9 Å². The van der Waals surface area contributed by atoms with Gasteiger partial charge in [0.25, 0.3) is 5.69 Å². The third kappa shape index (κ3) is 5.94. The van der Waals surface area contributed by atoms with Gasteiger partial charge in [0.15, 0.2) is 5.16 Å². The zero-order valence-corrected chi connectivity index (χ0v) is 15.7. The molecule has 0 aliphatic rings. The van der Waals surface area contributed by atoms with Crippen LogP contribution in [0.3, 0.4) is 0 Å². The number of amides is 1. The largest absolute Gasteiger partial charge is 0.418 e. The molecule has 12 heteroatoms. The van der Waals surface area contributed by atoms with Crippen LogP contribution in [-0.4, -0.2) is 31.3 Å². The maximum absolute atomic E-state index is 13.2. The molecule has 8 nitrogen and oxygen atoms in total. The summed E-state index contributed by atoms with van der Waals surface area (Å²) in [6.07, 6.45) is -0.311. The molecule has 0 saturated carbocycles. The minimum absolute atomic E-state index is 0.180. The van der Waals surface area contributed by atoms with Gasteiger partial charge in [-0.05, 0) is 12.5 Å². The molecule has 1 heterocycles. The molecule has 0 aliphatic carbocycles. The molecule has 0 unspecified atom stereocenters. The first kappa shape index (κ1) is 21.7.